The van der Waals surface area contributed by atoms with E-state index in [-0.39, 0.29) is 6.10 Å². The van der Waals surface area contributed by atoms with Crippen LogP contribution in [-0.4, -0.2) is 16.3 Å². The summed E-state index contributed by atoms with van der Waals surface area (Å²) < 4.78 is 5.72. The summed E-state index contributed by atoms with van der Waals surface area (Å²) in [5.41, 5.74) is 3.27. The molecule has 21 heavy (non-hydrogen) atoms. The maximum atomic E-state index is 5.72. The van der Waals surface area contributed by atoms with Crippen molar-refractivity contribution in [3.05, 3.63) is 54.2 Å². The molecule has 4 heteroatoms. The fourth-order valence-electron chi connectivity index (χ4n) is 2.31. The summed E-state index contributed by atoms with van der Waals surface area (Å²) in [5, 5.41) is 11.7. The van der Waals surface area contributed by atoms with E-state index in [9.17, 15) is 0 Å². The highest BCUT2D eigenvalue weighted by Gasteiger charge is 2.03. The molecule has 0 atom stereocenters. The average Bonchev–Trinajstić information content (AvgIpc) is 2.93. The van der Waals surface area contributed by atoms with Crippen LogP contribution in [0.5, 0.6) is 5.75 Å². The standard InChI is InChI=1S/C17H19N3O/c1-12(2)21-15-7-3-5-13(9-15)10-18-16-8-4-6-14-11-19-20-17(14)16/h3-9,11-12,18H,10H2,1-2H3,(H,19,20). The van der Waals surface area contributed by atoms with Crippen LogP contribution in [0, 0.1) is 0 Å². The van der Waals surface area contributed by atoms with Crippen LogP contribution in [-0.2, 0) is 6.54 Å². The van der Waals surface area contributed by atoms with E-state index < -0.39 is 0 Å². The molecule has 0 radical (unpaired) electrons. The van der Waals surface area contributed by atoms with Crippen molar-refractivity contribution in [2.75, 3.05) is 5.32 Å². The van der Waals surface area contributed by atoms with Crippen molar-refractivity contribution in [3.63, 3.8) is 0 Å². The van der Waals surface area contributed by atoms with E-state index >= 15 is 0 Å². The van der Waals surface area contributed by atoms with Crippen molar-refractivity contribution in [1.82, 2.24) is 10.2 Å². The van der Waals surface area contributed by atoms with Crippen molar-refractivity contribution in [2.45, 2.75) is 26.5 Å². The smallest absolute Gasteiger partial charge is 0.120 e. The zero-order valence-electron chi connectivity index (χ0n) is 12.3. The summed E-state index contributed by atoms with van der Waals surface area (Å²) in [6.07, 6.45) is 2.02. The summed E-state index contributed by atoms with van der Waals surface area (Å²) in [5.74, 6) is 0.907. The number of aromatic amines is 1. The molecule has 3 rings (SSSR count). The minimum atomic E-state index is 0.187. The molecule has 0 saturated heterocycles. The van der Waals surface area contributed by atoms with Gasteiger partial charge in [0.25, 0.3) is 0 Å². The largest absolute Gasteiger partial charge is 0.491 e. The second-order valence-electron chi connectivity index (χ2n) is 5.31. The molecular weight excluding hydrogens is 262 g/mol. The van der Waals surface area contributed by atoms with Crippen molar-refractivity contribution >= 4 is 16.6 Å². The lowest BCUT2D eigenvalue weighted by Gasteiger charge is -2.12. The van der Waals surface area contributed by atoms with Gasteiger partial charge in [0.2, 0.25) is 0 Å². The van der Waals surface area contributed by atoms with Crippen LogP contribution >= 0.6 is 0 Å². The SMILES string of the molecule is CC(C)Oc1cccc(CNc2cccc3cn[nH]c23)c1. The molecule has 4 nitrogen and oxygen atoms in total. The highest BCUT2D eigenvalue weighted by molar-refractivity contribution is 5.89. The van der Waals surface area contributed by atoms with Gasteiger partial charge in [0.1, 0.15) is 5.75 Å². The number of anilines is 1. The summed E-state index contributed by atoms with van der Waals surface area (Å²) in [4.78, 5) is 0. The summed E-state index contributed by atoms with van der Waals surface area (Å²) in [7, 11) is 0. The van der Waals surface area contributed by atoms with E-state index in [1.54, 1.807) is 0 Å². The molecule has 0 bridgehead atoms. The van der Waals surface area contributed by atoms with E-state index in [1.807, 2.05) is 44.3 Å². The Morgan fingerprint density at radius 2 is 2.05 bits per heavy atom. The molecule has 0 aliphatic carbocycles. The number of nitrogens with zero attached hydrogens (tertiary/aromatic N) is 1. The summed E-state index contributed by atoms with van der Waals surface area (Å²) in [6, 6.07) is 14.3. The molecule has 0 aliphatic rings. The van der Waals surface area contributed by atoms with Gasteiger partial charge in [-0.1, -0.05) is 24.3 Å². The molecule has 0 amide bonds. The maximum absolute atomic E-state index is 5.72. The lowest BCUT2D eigenvalue weighted by molar-refractivity contribution is 0.242. The first-order valence-corrected chi connectivity index (χ1v) is 7.14. The number of benzene rings is 2. The molecule has 2 N–H and O–H groups in total. The van der Waals surface area contributed by atoms with E-state index in [4.69, 9.17) is 4.74 Å². The highest BCUT2D eigenvalue weighted by Crippen LogP contribution is 2.22. The zero-order valence-corrected chi connectivity index (χ0v) is 12.3. The molecular formula is C17H19N3O. The third-order valence-corrected chi connectivity index (χ3v) is 3.23. The molecule has 0 aliphatic heterocycles. The molecule has 0 spiro atoms. The Balaban J connectivity index is 1.74. The van der Waals surface area contributed by atoms with Gasteiger partial charge < -0.3 is 10.1 Å². The second kappa shape index (κ2) is 5.87. The number of rotatable bonds is 5. The third kappa shape index (κ3) is 3.16. The van der Waals surface area contributed by atoms with Crippen LogP contribution in [0.2, 0.25) is 0 Å². The number of para-hydroxylation sites is 1. The van der Waals surface area contributed by atoms with Crippen molar-refractivity contribution in [3.8, 4) is 5.75 Å². The van der Waals surface area contributed by atoms with E-state index in [0.29, 0.717) is 0 Å². The molecule has 0 unspecified atom stereocenters. The van der Waals surface area contributed by atoms with Crippen molar-refractivity contribution in [1.29, 1.82) is 0 Å². The summed E-state index contributed by atoms with van der Waals surface area (Å²) >= 11 is 0. The van der Waals surface area contributed by atoms with Crippen LogP contribution < -0.4 is 10.1 Å². The fraction of sp³-hybridized carbons (Fsp3) is 0.235. The minimum Gasteiger partial charge on any atom is -0.491 e. The number of H-pyrrole nitrogens is 1. The van der Waals surface area contributed by atoms with Crippen LogP contribution in [0.1, 0.15) is 19.4 Å². The minimum absolute atomic E-state index is 0.187. The van der Waals surface area contributed by atoms with Gasteiger partial charge in [-0.3, -0.25) is 5.10 Å². The van der Waals surface area contributed by atoms with Gasteiger partial charge >= 0.3 is 0 Å². The van der Waals surface area contributed by atoms with Crippen LogP contribution in [0.4, 0.5) is 5.69 Å². The van der Waals surface area contributed by atoms with Gasteiger partial charge in [-0.2, -0.15) is 5.10 Å². The molecule has 0 fully saturated rings. The zero-order chi connectivity index (χ0) is 14.7. The normalized spacial score (nSPS) is 11.0. The topological polar surface area (TPSA) is 49.9 Å². The number of hydrogen-bond donors (Lipinski definition) is 2. The van der Waals surface area contributed by atoms with Crippen molar-refractivity contribution < 1.29 is 4.74 Å². The first kappa shape index (κ1) is 13.5. The monoisotopic (exact) mass is 281 g/mol. The first-order valence-electron chi connectivity index (χ1n) is 7.14. The second-order valence-corrected chi connectivity index (χ2v) is 5.31. The molecule has 1 aromatic heterocycles. The van der Waals surface area contributed by atoms with Gasteiger partial charge in [0.15, 0.2) is 0 Å². The number of hydrogen-bond acceptors (Lipinski definition) is 3. The predicted octanol–water partition coefficient (Wildman–Crippen LogP) is 3.96. The summed E-state index contributed by atoms with van der Waals surface area (Å²) in [6.45, 7) is 4.81. The third-order valence-electron chi connectivity index (χ3n) is 3.23. The predicted molar refractivity (Wildman–Crippen MR) is 85.6 cm³/mol. The number of fused-ring (bicyclic) bond motifs is 1. The Bertz CT molecular complexity index is 733. The quantitative estimate of drug-likeness (QED) is 0.744. The Kier molecular flexibility index (Phi) is 3.77. The van der Waals surface area contributed by atoms with E-state index in [1.165, 1.54) is 5.56 Å². The maximum Gasteiger partial charge on any atom is 0.120 e. The van der Waals surface area contributed by atoms with Gasteiger partial charge in [0.05, 0.1) is 23.5 Å². The van der Waals surface area contributed by atoms with Gasteiger partial charge in [-0.25, -0.2) is 0 Å². The first-order chi connectivity index (χ1) is 10.2. The van der Waals surface area contributed by atoms with Gasteiger partial charge in [-0.05, 0) is 37.6 Å². The number of nitrogens with one attached hydrogen (secondary N) is 2. The Labute approximate surface area is 124 Å². The fourth-order valence-corrected chi connectivity index (χ4v) is 2.31. The Hall–Kier alpha value is -2.49. The van der Waals surface area contributed by atoms with Crippen LogP contribution in [0.3, 0.4) is 0 Å². The van der Waals surface area contributed by atoms with Crippen LogP contribution in [0.25, 0.3) is 10.9 Å². The molecule has 108 valence electrons. The number of aromatic nitrogens is 2. The van der Waals surface area contributed by atoms with Gasteiger partial charge in [-0.15, -0.1) is 0 Å². The van der Waals surface area contributed by atoms with Crippen LogP contribution in [0.15, 0.2) is 48.7 Å². The Morgan fingerprint density at radius 1 is 1.19 bits per heavy atom. The lowest BCUT2D eigenvalue weighted by Crippen LogP contribution is -2.06. The van der Waals surface area contributed by atoms with E-state index in [2.05, 4.69) is 33.7 Å². The van der Waals surface area contributed by atoms with E-state index in [0.717, 1.165) is 28.9 Å². The lowest BCUT2D eigenvalue weighted by atomic mass is 10.2. The molecule has 1 heterocycles. The number of ether oxygens (including phenoxy) is 1. The molecule has 0 saturated carbocycles. The highest BCUT2D eigenvalue weighted by atomic mass is 16.5. The molecule has 3 aromatic rings. The average molecular weight is 281 g/mol. The van der Waals surface area contributed by atoms with Crippen molar-refractivity contribution in [2.24, 2.45) is 0 Å². The van der Waals surface area contributed by atoms with Gasteiger partial charge in [0, 0.05) is 11.9 Å². The molecule has 2 aromatic carbocycles. The Morgan fingerprint density at radius 3 is 2.90 bits per heavy atom.